The second-order valence-electron chi connectivity index (χ2n) is 7.79. The lowest BCUT2D eigenvalue weighted by Gasteiger charge is -2.39. The normalized spacial score (nSPS) is 18.0. The standard InChI is InChI=1S/C23H26N6O4/c1-15-8-9-16(27-21-20(23(31)33-3)19(32-2)10-11-24-21)14-28(15)22(30)17-6-4-5-7-18(17)29-25-12-13-26-29/h4-7,10-13,15-16H,8-9,14H2,1-3H3,(H,24,27). The molecule has 2 atom stereocenters. The number of benzene rings is 1. The van der Waals surface area contributed by atoms with E-state index in [1.807, 2.05) is 30.0 Å². The second kappa shape index (κ2) is 9.68. The quantitative estimate of drug-likeness (QED) is 0.571. The maximum absolute atomic E-state index is 13.6. The summed E-state index contributed by atoms with van der Waals surface area (Å²) in [4.78, 5) is 33.5. The van der Waals surface area contributed by atoms with Crippen LogP contribution >= 0.6 is 0 Å². The fourth-order valence-electron chi connectivity index (χ4n) is 4.05. The van der Waals surface area contributed by atoms with Crippen LogP contribution in [0.25, 0.3) is 5.69 Å². The molecule has 1 aliphatic heterocycles. The first kappa shape index (κ1) is 22.3. The number of esters is 1. The number of nitrogens with zero attached hydrogens (tertiary/aromatic N) is 5. The van der Waals surface area contributed by atoms with Crippen LogP contribution in [0.3, 0.4) is 0 Å². The molecule has 0 spiro atoms. The van der Waals surface area contributed by atoms with Gasteiger partial charge in [-0.3, -0.25) is 4.79 Å². The molecule has 2 aromatic heterocycles. The Morgan fingerprint density at radius 2 is 1.82 bits per heavy atom. The summed E-state index contributed by atoms with van der Waals surface area (Å²) in [6, 6.07) is 8.83. The summed E-state index contributed by atoms with van der Waals surface area (Å²) >= 11 is 0. The predicted octanol–water partition coefficient (Wildman–Crippen LogP) is 2.56. The summed E-state index contributed by atoms with van der Waals surface area (Å²) in [5.74, 6) is 0.0975. The summed E-state index contributed by atoms with van der Waals surface area (Å²) in [5.41, 5.74) is 1.38. The molecule has 0 saturated carbocycles. The highest BCUT2D eigenvalue weighted by Crippen LogP contribution is 2.28. The lowest BCUT2D eigenvalue weighted by Crippen LogP contribution is -2.50. The minimum Gasteiger partial charge on any atom is -0.496 e. The maximum atomic E-state index is 13.6. The minimum atomic E-state index is -0.541. The molecule has 1 saturated heterocycles. The average molecular weight is 450 g/mol. The van der Waals surface area contributed by atoms with Crippen LogP contribution in [0.15, 0.2) is 48.9 Å². The van der Waals surface area contributed by atoms with E-state index in [4.69, 9.17) is 9.47 Å². The van der Waals surface area contributed by atoms with Gasteiger partial charge in [-0.2, -0.15) is 15.0 Å². The van der Waals surface area contributed by atoms with Gasteiger partial charge in [0.1, 0.15) is 17.1 Å². The molecule has 33 heavy (non-hydrogen) atoms. The molecule has 1 N–H and O–H groups in total. The zero-order chi connectivity index (χ0) is 23.4. The summed E-state index contributed by atoms with van der Waals surface area (Å²) in [6.07, 6.45) is 6.32. The smallest absolute Gasteiger partial charge is 0.345 e. The highest BCUT2D eigenvalue weighted by Gasteiger charge is 2.32. The molecule has 10 nitrogen and oxygen atoms in total. The molecule has 3 heterocycles. The number of hydrogen-bond donors (Lipinski definition) is 1. The highest BCUT2D eigenvalue weighted by molar-refractivity contribution is 5.98. The molecular weight excluding hydrogens is 424 g/mol. The Hall–Kier alpha value is -3.95. The number of nitrogens with one attached hydrogen (secondary N) is 1. The van der Waals surface area contributed by atoms with Gasteiger partial charge >= 0.3 is 5.97 Å². The van der Waals surface area contributed by atoms with Crippen molar-refractivity contribution in [1.82, 2.24) is 24.9 Å². The van der Waals surface area contributed by atoms with Gasteiger partial charge in [0.25, 0.3) is 5.91 Å². The van der Waals surface area contributed by atoms with Gasteiger partial charge in [0.05, 0.1) is 37.9 Å². The Morgan fingerprint density at radius 1 is 1.06 bits per heavy atom. The minimum absolute atomic E-state index is 0.0486. The number of ether oxygens (including phenoxy) is 2. The van der Waals surface area contributed by atoms with Gasteiger partial charge in [-0.25, -0.2) is 9.78 Å². The first-order chi connectivity index (χ1) is 16.0. The summed E-state index contributed by atoms with van der Waals surface area (Å²) in [5, 5.41) is 11.7. The van der Waals surface area contributed by atoms with Crippen LogP contribution in [0.4, 0.5) is 5.82 Å². The van der Waals surface area contributed by atoms with Crippen molar-refractivity contribution in [2.45, 2.75) is 31.8 Å². The van der Waals surface area contributed by atoms with Gasteiger partial charge in [0.2, 0.25) is 0 Å². The van der Waals surface area contributed by atoms with Crippen molar-refractivity contribution in [3.8, 4) is 11.4 Å². The van der Waals surface area contributed by atoms with Gasteiger partial charge in [0.15, 0.2) is 0 Å². The van der Waals surface area contributed by atoms with E-state index in [0.717, 1.165) is 12.8 Å². The number of rotatable bonds is 6. The molecule has 2 unspecified atom stereocenters. The van der Waals surface area contributed by atoms with Crippen molar-refractivity contribution in [3.05, 3.63) is 60.0 Å². The topological polar surface area (TPSA) is 111 Å². The van der Waals surface area contributed by atoms with Crippen LogP contribution in [0.2, 0.25) is 0 Å². The van der Waals surface area contributed by atoms with Gasteiger partial charge in [-0.1, -0.05) is 12.1 Å². The van der Waals surface area contributed by atoms with Gasteiger partial charge < -0.3 is 19.7 Å². The number of carbonyl (C=O) groups excluding carboxylic acids is 2. The zero-order valence-electron chi connectivity index (χ0n) is 18.8. The lowest BCUT2D eigenvalue weighted by atomic mass is 9.97. The number of piperidine rings is 1. The molecule has 1 aromatic carbocycles. The largest absolute Gasteiger partial charge is 0.496 e. The number of pyridine rings is 1. The SMILES string of the molecule is COC(=O)c1c(OC)ccnc1NC1CCC(C)N(C(=O)c2ccccc2-n2nccn2)C1. The summed E-state index contributed by atoms with van der Waals surface area (Å²) in [7, 11) is 2.80. The molecular formula is C23H26N6O4. The number of para-hydroxylation sites is 1. The van der Waals surface area contributed by atoms with Crippen LogP contribution in [-0.2, 0) is 4.74 Å². The molecule has 172 valence electrons. The predicted molar refractivity (Wildman–Crippen MR) is 121 cm³/mol. The number of hydrogen-bond acceptors (Lipinski definition) is 8. The van der Waals surface area contributed by atoms with Crippen molar-refractivity contribution in [2.24, 2.45) is 0 Å². The maximum Gasteiger partial charge on any atom is 0.345 e. The highest BCUT2D eigenvalue weighted by atomic mass is 16.5. The monoisotopic (exact) mass is 450 g/mol. The van der Waals surface area contributed by atoms with E-state index in [1.54, 1.807) is 30.7 Å². The fraction of sp³-hybridized carbons (Fsp3) is 0.348. The Balaban J connectivity index is 1.58. The number of amides is 1. The molecule has 1 aliphatic rings. The second-order valence-corrected chi connectivity index (χ2v) is 7.79. The van der Waals surface area contributed by atoms with E-state index in [-0.39, 0.29) is 23.6 Å². The van der Waals surface area contributed by atoms with E-state index >= 15 is 0 Å². The first-order valence-corrected chi connectivity index (χ1v) is 10.7. The third-order valence-electron chi connectivity index (χ3n) is 5.77. The summed E-state index contributed by atoms with van der Waals surface area (Å²) in [6.45, 7) is 2.48. The lowest BCUT2D eigenvalue weighted by molar-refractivity contribution is 0.0591. The Morgan fingerprint density at radius 3 is 2.55 bits per heavy atom. The number of anilines is 1. The van der Waals surface area contributed by atoms with E-state index in [9.17, 15) is 9.59 Å². The Kier molecular flexibility index (Phi) is 6.53. The molecule has 0 bridgehead atoms. The van der Waals surface area contributed by atoms with E-state index in [2.05, 4.69) is 20.5 Å². The number of likely N-dealkylation sites (tertiary alicyclic amines) is 1. The molecule has 1 amide bonds. The van der Waals surface area contributed by atoms with Crippen molar-refractivity contribution in [3.63, 3.8) is 0 Å². The van der Waals surface area contributed by atoms with Crippen molar-refractivity contribution < 1.29 is 19.1 Å². The van der Waals surface area contributed by atoms with Crippen LogP contribution in [0.1, 0.15) is 40.5 Å². The van der Waals surface area contributed by atoms with E-state index in [0.29, 0.717) is 29.4 Å². The van der Waals surface area contributed by atoms with Crippen molar-refractivity contribution in [1.29, 1.82) is 0 Å². The number of methoxy groups -OCH3 is 2. The molecule has 10 heteroatoms. The Bertz CT molecular complexity index is 1130. The van der Waals surface area contributed by atoms with Gasteiger partial charge in [-0.05, 0) is 38.0 Å². The molecule has 0 aliphatic carbocycles. The Labute approximate surface area is 191 Å². The number of carbonyl (C=O) groups is 2. The van der Waals surface area contributed by atoms with Crippen molar-refractivity contribution >= 4 is 17.7 Å². The van der Waals surface area contributed by atoms with E-state index < -0.39 is 5.97 Å². The molecule has 0 radical (unpaired) electrons. The molecule has 4 rings (SSSR count). The van der Waals surface area contributed by atoms with E-state index in [1.165, 1.54) is 19.0 Å². The molecule has 1 fully saturated rings. The third kappa shape index (κ3) is 4.50. The van der Waals surface area contributed by atoms with Crippen LogP contribution in [0, 0.1) is 0 Å². The number of aromatic nitrogens is 4. The summed E-state index contributed by atoms with van der Waals surface area (Å²) < 4.78 is 10.2. The van der Waals surface area contributed by atoms with Crippen LogP contribution in [0.5, 0.6) is 5.75 Å². The van der Waals surface area contributed by atoms with Crippen LogP contribution in [-0.4, -0.2) is 69.6 Å². The first-order valence-electron chi connectivity index (χ1n) is 10.7. The van der Waals surface area contributed by atoms with Gasteiger partial charge in [-0.15, -0.1) is 0 Å². The van der Waals surface area contributed by atoms with Crippen molar-refractivity contribution in [2.75, 3.05) is 26.1 Å². The van der Waals surface area contributed by atoms with Gasteiger partial charge in [0, 0.05) is 24.8 Å². The average Bonchev–Trinajstić information content (AvgIpc) is 3.39. The third-order valence-corrected chi connectivity index (χ3v) is 5.77. The van der Waals surface area contributed by atoms with Crippen LogP contribution < -0.4 is 10.1 Å². The zero-order valence-corrected chi connectivity index (χ0v) is 18.8. The molecule has 3 aromatic rings. The fourth-order valence-corrected chi connectivity index (χ4v) is 4.05.